The van der Waals surface area contributed by atoms with Crippen molar-refractivity contribution in [2.75, 3.05) is 23.9 Å². The average Bonchev–Trinajstić information content (AvgIpc) is 2.38. The summed E-state index contributed by atoms with van der Waals surface area (Å²) in [5.41, 5.74) is 8.69. The highest BCUT2D eigenvalue weighted by atomic mass is 79.9. The van der Waals surface area contributed by atoms with E-state index in [1.165, 1.54) is 0 Å². The number of nitrogens with one attached hydrogen (secondary N) is 1. The van der Waals surface area contributed by atoms with Gasteiger partial charge >= 0.3 is 0 Å². The van der Waals surface area contributed by atoms with Crippen LogP contribution in [0.2, 0.25) is 0 Å². The van der Waals surface area contributed by atoms with Gasteiger partial charge in [-0.1, -0.05) is 6.92 Å². The number of halogens is 1. The summed E-state index contributed by atoms with van der Waals surface area (Å²) in [5.74, 6) is 0. The van der Waals surface area contributed by atoms with Crippen molar-refractivity contribution in [3.63, 3.8) is 0 Å². The SMILES string of the molecule is CSC(C)CNc1ccc(N)c2cc(Br)cnc12. The lowest BCUT2D eigenvalue weighted by molar-refractivity contribution is 1.00. The number of nitrogens with zero attached hydrogens (tertiary/aromatic N) is 1. The summed E-state index contributed by atoms with van der Waals surface area (Å²) >= 11 is 5.26. The summed E-state index contributed by atoms with van der Waals surface area (Å²) in [7, 11) is 0. The number of rotatable bonds is 4. The van der Waals surface area contributed by atoms with Crippen molar-refractivity contribution in [3.8, 4) is 0 Å². The number of pyridine rings is 1. The Morgan fingerprint density at radius 2 is 2.28 bits per heavy atom. The van der Waals surface area contributed by atoms with Crippen molar-refractivity contribution in [3.05, 3.63) is 28.9 Å². The number of nitrogen functional groups attached to an aromatic ring is 1. The summed E-state index contributed by atoms with van der Waals surface area (Å²) in [6.07, 6.45) is 3.91. The van der Waals surface area contributed by atoms with Crippen LogP contribution in [0.4, 0.5) is 11.4 Å². The monoisotopic (exact) mass is 325 g/mol. The standard InChI is InChI=1S/C13H16BrN3S/c1-8(18-2)6-16-12-4-3-11(15)10-5-9(14)7-17-13(10)12/h3-5,7-8,16H,6,15H2,1-2H3. The Labute approximate surface area is 120 Å². The van der Waals surface area contributed by atoms with Gasteiger partial charge in [-0.2, -0.15) is 11.8 Å². The molecule has 5 heteroatoms. The summed E-state index contributed by atoms with van der Waals surface area (Å²) in [4.78, 5) is 4.45. The fourth-order valence-electron chi connectivity index (χ4n) is 1.70. The molecule has 0 aliphatic carbocycles. The molecule has 0 amide bonds. The van der Waals surface area contributed by atoms with Crippen molar-refractivity contribution in [2.45, 2.75) is 12.2 Å². The molecular weight excluding hydrogens is 310 g/mol. The van der Waals surface area contributed by atoms with Gasteiger partial charge in [0.15, 0.2) is 0 Å². The van der Waals surface area contributed by atoms with E-state index in [2.05, 4.69) is 39.4 Å². The van der Waals surface area contributed by atoms with E-state index in [4.69, 9.17) is 5.73 Å². The van der Waals surface area contributed by atoms with Gasteiger partial charge in [0.25, 0.3) is 0 Å². The van der Waals surface area contributed by atoms with Crippen LogP contribution < -0.4 is 11.1 Å². The number of benzene rings is 1. The zero-order valence-corrected chi connectivity index (χ0v) is 12.8. The quantitative estimate of drug-likeness (QED) is 0.841. The predicted octanol–water partition coefficient (Wildman–Crippen LogP) is 3.74. The fraction of sp³-hybridized carbons (Fsp3) is 0.308. The minimum absolute atomic E-state index is 0.563. The Balaban J connectivity index is 2.37. The van der Waals surface area contributed by atoms with E-state index in [1.54, 1.807) is 6.20 Å². The van der Waals surface area contributed by atoms with Crippen LogP contribution in [0, 0.1) is 0 Å². The second kappa shape index (κ2) is 5.80. The highest BCUT2D eigenvalue weighted by Gasteiger charge is 2.07. The molecule has 1 aromatic heterocycles. The van der Waals surface area contributed by atoms with Crippen LogP contribution in [-0.4, -0.2) is 23.0 Å². The molecule has 0 radical (unpaired) electrons. The number of nitrogens with two attached hydrogens (primary N) is 1. The van der Waals surface area contributed by atoms with Crippen LogP contribution in [0.25, 0.3) is 10.9 Å². The molecule has 2 aromatic rings. The number of hydrogen-bond donors (Lipinski definition) is 2. The normalized spacial score (nSPS) is 12.6. The van der Waals surface area contributed by atoms with Gasteiger partial charge in [-0.25, -0.2) is 0 Å². The van der Waals surface area contributed by atoms with E-state index < -0.39 is 0 Å². The van der Waals surface area contributed by atoms with Crippen LogP contribution >= 0.6 is 27.7 Å². The zero-order valence-electron chi connectivity index (χ0n) is 10.4. The number of thioether (sulfide) groups is 1. The molecule has 2 rings (SSSR count). The average molecular weight is 326 g/mol. The van der Waals surface area contributed by atoms with Gasteiger partial charge in [-0.05, 0) is 40.4 Å². The third-order valence-electron chi connectivity index (χ3n) is 2.83. The van der Waals surface area contributed by atoms with E-state index in [9.17, 15) is 0 Å². The van der Waals surface area contributed by atoms with E-state index in [0.29, 0.717) is 5.25 Å². The molecule has 0 aliphatic heterocycles. The van der Waals surface area contributed by atoms with E-state index >= 15 is 0 Å². The Kier molecular flexibility index (Phi) is 4.35. The van der Waals surface area contributed by atoms with Crippen LogP contribution in [-0.2, 0) is 0 Å². The number of hydrogen-bond acceptors (Lipinski definition) is 4. The predicted molar refractivity (Wildman–Crippen MR) is 85.3 cm³/mol. The van der Waals surface area contributed by atoms with Gasteiger partial charge in [-0.3, -0.25) is 4.98 Å². The van der Waals surface area contributed by atoms with Crippen LogP contribution in [0.1, 0.15) is 6.92 Å². The lowest BCUT2D eigenvalue weighted by atomic mass is 10.1. The molecular formula is C13H16BrN3S. The minimum atomic E-state index is 0.563. The molecule has 0 saturated heterocycles. The zero-order chi connectivity index (χ0) is 13.1. The Morgan fingerprint density at radius 1 is 1.50 bits per heavy atom. The summed E-state index contributed by atoms with van der Waals surface area (Å²) in [6, 6.07) is 5.91. The van der Waals surface area contributed by atoms with Crippen LogP contribution in [0.5, 0.6) is 0 Å². The van der Waals surface area contributed by atoms with Crippen molar-refractivity contribution in [1.29, 1.82) is 0 Å². The van der Waals surface area contributed by atoms with Gasteiger partial charge in [0.1, 0.15) is 0 Å². The maximum absolute atomic E-state index is 5.98. The third-order valence-corrected chi connectivity index (χ3v) is 4.24. The molecule has 3 N–H and O–H groups in total. The summed E-state index contributed by atoms with van der Waals surface area (Å²) in [5, 5.41) is 4.97. The maximum atomic E-state index is 5.98. The molecule has 18 heavy (non-hydrogen) atoms. The molecule has 0 fully saturated rings. The summed E-state index contributed by atoms with van der Waals surface area (Å²) < 4.78 is 0.941. The minimum Gasteiger partial charge on any atom is -0.398 e. The Bertz CT molecular complexity index is 559. The van der Waals surface area contributed by atoms with E-state index in [-0.39, 0.29) is 0 Å². The van der Waals surface area contributed by atoms with Crippen LogP contribution in [0.15, 0.2) is 28.9 Å². The first kappa shape index (κ1) is 13.5. The maximum Gasteiger partial charge on any atom is 0.0954 e. The highest BCUT2D eigenvalue weighted by molar-refractivity contribution is 9.10. The summed E-state index contributed by atoms with van der Waals surface area (Å²) in [6.45, 7) is 3.11. The molecule has 0 spiro atoms. The molecule has 0 bridgehead atoms. The molecule has 3 nitrogen and oxygen atoms in total. The van der Waals surface area contributed by atoms with E-state index in [0.717, 1.165) is 33.3 Å². The van der Waals surface area contributed by atoms with Gasteiger partial charge in [0.2, 0.25) is 0 Å². The second-order valence-electron chi connectivity index (χ2n) is 4.18. The van der Waals surface area contributed by atoms with Gasteiger partial charge < -0.3 is 11.1 Å². The molecule has 0 aliphatic rings. The lowest BCUT2D eigenvalue weighted by Crippen LogP contribution is -2.13. The smallest absolute Gasteiger partial charge is 0.0954 e. The van der Waals surface area contributed by atoms with Gasteiger partial charge in [-0.15, -0.1) is 0 Å². The molecule has 1 aromatic carbocycles. The largest absolute Gasteiger partial charge is 0.398 e. The first-order chi connectivity index (χ1) is 8.61. The molecule has 1 unspecified atom stereocenters. The second-order valence-corrected chi connectivity index (χ2v) is 6.37. The Hall–Kier alpha value is -0.940. The molecule has 96 valence electrons. The number of fused-ring (bicyclic) bond motifs is 1. The third kappa shape index (κ3) is 2.90. The first-order valence-electron chi connectivity index (χ1n) is 5.72. The highest BCUT2D eigenvalue weighted by Crippen LogP contribution is 2.28. The van der Waals surface area contributed by atoms with E-state index in [1.807, 2.05) is 30.0 Å². The molecule has 1 atom stereocenters. The molecule has 0 saturated carbocycles. The van der Waals surface area contributed by atoms with Crippen LogP contribution in [0.3, 0.4) is 0 Å². The first-order valence-corrected chi connectivity index (χ1v) is 7.80. The van der Waals surface area contributed by atoms with Gasteiger partial charge in [0.05, 0.1) is 11.2 Å². The fourth-order valence-corrected chi connectivity index (χ4v) is 2.28. The van der Waals surface area contributed by atoms with Crippen molar-refractivity contribution >= 4 is 50.0 Å². The van der Waals surface area contributed by atoms with Gasteiger partial charge in [0, 0.05) is 33.5 Å². The van der Waals surface area contributed by atoms with Crippen molar-refractivity contribution < 1.29 is 0 Å². The molecule has 1 heterocycles. The Morgan fingerprint density at radius 3 is 3.00 bits per heavy atom. The lowest BCUT2D eigenvalue weighted by Gasteiger charge is -2.13. The number of aromatic nitrogens is 1. The topological polar surface area (TPSA) is 50.9 Å². The van der Waals surface area contributed by atoms with Crippen molar-refractivity contribution in [1.82, 2.24) is 4.98 Å². The van der Waals surface area contributed by atoms with Crippen molar-refractivity contribution in [2.24, 2.45) is 0 Å². The number of anilines is 2.